The number of carbonyl (C=O) groups is 2. The number of amides is 1. The number of H-pyrrole nitrogens is 1. The van der Waals surface area contributed by atoms with E-state index in [0.29, 0.717) is 16.3 Å². The Bertz CT molecular complexity index is 906. The molecule has 6 heteroatoms. The second kappa shape index (κ2) is 6.20. The molecule has 1 fully saturated rings. The number of nitrogens with zero attached hydrogens (tertiary/aromatic N) is 2. The van der Waals surface area contributed by atoms with E-state index in [0.717, 1.165) is 36.8 Å². The molecule has 0 radical (unpaired) electrons. The van der Waals surface area contributed by atoms with E-state index >= 15 is 0 Å². The monoisotopic (exact) mass is 339 g/mol. The summed E-state index contributed by atoms with van der Waals surface area (Å²) >= 11 is 1.23. The molecule has 0 saturated carbocycles. The number of aromatic nitrogens is 2. The first-order valence-corrected chi connectivity index (χ1v) is 8.97. The highest BCUT2D eigenvalue weighted by Gasteiger charge is 2.23. The van der Waals surface area contributed by atoms with Gasteiger partial charge in [-0.05, 0) is 25.3 Å². The number of fused-ring (bicyclic) bond motifs is 1. The van der Waals surface area contributed by atoms with Crippen LogP contribution in [-0.4, -0.2) is 39.6 Å². The topological polar surface area (TPSA) is 66.1 Å². The zero-order chi connectivity index (χ0) is 16.5. The Morgan fingerprint density at radius 3 is 2.75 bits per heavy atom. The van der Waals surface area contributed by atoms with E-state index < -0.39 is 0 Å². The molecule has 24 heavy (non-hydrogen) atoms. The number of hydrogen-bond donors (Lipinski definition) is 1. The van der Waals surface area contributed by atoms with Crippen LogP contribution in [0.15, 0.2) is 35.8 Å². The van der Waals surface area contributed by atoms with Crippen molar-refractivity contribution in [3.63, 3.8) is 0 Å². The zero-order valence-corrected chi connectivity index (χ0v) is 13.9. The third-order valence-corrected chi connectivity index (χ3v) is 5.24. The van der Waals surface area contributed by atoms with Crippen LogP contribution in [0.4, 0.5) is 0 Å². The Labute approximate surface area is 143 Å². The number of carbonyl (C=O) groups excluding carboxylic acids is 2. The van der Waals surface area contributed by atoms with Crippen LogP contribution < -0.4 is 0 Å². The normalized spacial score (nSPS) is 14.9. The summed E-state index contributed by atoms with van der Waals surface area (Å²) in [5.74, 6) is -0.209. The fraction of sp³-hybridized carbons (Fsp3) is 0.278. The van der Waals surface area contributed by atoms with Crippen molar-refractivity contribution in [2.75, 3.05) is 13.1 Å². The molecule has 1 aromatic carbocycles. The smallest absolute Gasteiger partial charge is 0.273 e. The minimum atomic E-state index is -0.143. The van der Waals surface area contributed by atoms with Gasteiger partial charge in [-0.2, -0.15) is 0 Å². The number of benzene rings is 1. The first-order chi connectivity index (χ1) is 11.7. The van der Waals surface area contributed by atoms with Gasteiger partial charge in [0.2, 0.25) is 5.78 Å². The molecular weight excluding hydrogens is 322 g/mol. The molecule has 1 aliphatic heterocycles. The third kappa shape index (κ3) is 2.63. The minimum Gasteiger partial charge on any atom is -0.360 e. The number of nitrogens with one attached hydrogen (secondary N) is 1. The van der Waals surface area contributed by atoms with Crippen LogP contribution in [0.25, 0.3) is 10.9 Å². The highest BCUT2D eigenvalue weighted by Crippen LogP contribution is 2.23. The molecule has 4 rings (SSSR count). The third-order valence-electron chi connectivity index (χ3n) is 4.39. The fourth-order valence-corrected chi connectivity index (χ4v) is 3.85. The van der Waals surface area contributed by atoms with Crippen molar-refractivity contribution in [3.05, 3.63) is 52.1 Å². The van der Waals surface area contributed by atoms with Crippen molar-refractivity contribution in [2.24, 2.45) is 0 Å². The molecule has 1 saturated heterocycles. The lowest BCUT2D eigenvalue weighted by molar-refractivity contribution is 0.0719. The Balaban J connectivity index is 1.60. The molecule has 1 N–H and O–H groups in total. The molecular formula is C18H17N3O2S. The largest absolute Gasteiger partial charge is 0.360 e. The molecule has 5 nitrogen and oxygen atoms in total. The van der Waals surface area contributed by atoms with E-state index in [-0.39, 0.29) is 11.7 Å². The van der Waals surface area contributed by atoms with Crippen molar-refractivity contribution in [2.45, 2.75) is 19.3 Å². The number of para-hydroxylation sites is 1. The summed E-state index contributed by atoms with van der Waals surface area (Å²) in [6.07, 6.45) is 4.96. The lowest BCUT2D eigenvalue weighted by atomic mass is 10.1. The van der Waals surface area contributed by atoms with Crippen LogP contribution >= 0.6 is 11.3 Å². The van der Waals surface area contributed by atoms with Gasteiger partial charge in [-0.25, -0.2) is 4.98 Å². The molecule has 1 amide bonds. The van der Waals surface area contributed by atoms with E-state index in [2.05, 4.69) is 9.97 Å². The molecule has 0 atom stereocenters. The SMILES string of the molecule is O=C(c1nc(C(=O)N2CCCCC2)cs1)c1c[nH]c2ccccc12. The van der Waals surface area contributed by atoms with E-state index in [1.165, 1.54) is 17.8 Å². The number of rotatable bonds is 3. The van der Waals surface area contributed by atoms with Gasteiger partial charge in [0.05, 0.1) is 5.56 Å². The Morgan fingerprint density at radius 2 is 1.92 bits per heavy atom. The average molecular weight is 339 g/mol. The van der Waals surface area contributed by atoms with Crippen molar-refractivity contribution in [1.29, 1.82) is 0 Å². The molecule has 0 bridgehead atoms. The molecule has 1 aliphatic rings. The molecule has 122 valence electrons. The number of piperidine rings is 1. The van der Waals surface area contributed by atoms with Crippen LogP contribution in [0, 0.1) is 0 Å². The van der Waals surface area contributed by atoms with Gasteiger partial charge in [0.15, 0.2) is 5.01 Å². The van der Waals surface area contributed by atoms with Gasteiger partial charge in [0, 0.05) is 35.6 Å². The maximum atomic E-state index is 12.7. The van der Waals surface area contributed by atoms with Gasteiger partial charge in [0.25, 0.3) is 5.91 Å². The Kier molecular flexibility index (Phi) is 3.90. The number of thiazole rings is 1. The van der Waals surface area contributed by atoms with Gasteiger partial charge in [-0.1, -0.05) is 18.2 Å². The Morgan fingerprint density at radius 1 is 1.12 bits per heavy atom. The predicted molar refractivity (Wildman–Crippen MR) is 93.6 cm³/mol. The van der Waals surface area contributed by atoms with Crippen LogP contribution in [-0.2, 0) is 0 Å². The summed E-state index contributed by atoms with van der Waals surface area (Å²) in [6.45, 7) is 1.56. The predicted octanol–water partition coefficient (Wildman–Crippen LogP) is 3.48. The highest BCUT2D eigenvalue weighted by atomic mass is 32.1. The number of ketones is 1. The quantitative estimate of drug-likeness (QED) is 0.743. The molecule has 0 spiro atoms. The first-order valence-electron chi connectivity index (χ1n) is 8.09. The van der Waals surface area contributed by atoms with E-state index in [4.69, 9.17) is 0 Å². The molecule has 2 aromatic heterocycles. The van der Waals surface area contributed by atoms with E-state index in [1.807, 2.05) is 29.2 Å². The Hall–Kier alpha value is -2.47. The summed E-state index contributed by atoms with van der Waals surface area (Å²) in [5.41, 5.74) is 1.89. The molecule has 0 aliphatic carbocycles. The van der Waals surface area contributed by atoms with Gasteiger partial charge in [-0.3, -0.25) is 9.59 Å². The standard InChI is InChI=1S/C18H17N3O2S/c22-16(13-10-19-14-7-3-2-6-12(13)14)17-20-15(11-24-17)18(23)21-8-4-1-5-9-21/h2-3,6-7,10-11,19H,1,4-5,8-9H2. The molecule has 0 unspecified atom stereocenters. The lowest BCUT2D eigenvalue weighted by Crippen LogP contribution is -2.35. The maximum Gasteiger partial charge on any atom is 0.273 e. The van der Waals surface area contributed by atoms with Crippen molar-refractivity contribution in [1.82, 2.24) is 14.9 Å². The summed E-state index contributed by atoms with van der Waals surface area (Å²) < 4.78 is 0. The average Bonchev–Trinajstić information content (AvgIpc) is 3.28. The van der Waals surface area contributed by atoms with Crippen molar-refractivity contribution >= 4 is 33.9 Å². The highest BCUT2D eigenvalue weighted by molar-refractivity contribution is 7.12. The van der Waals surface area contributed by atoms with Gasteiger partial charge in [-0.15, -0.1) is 11.3 Å². The molecule has 3 heterocycles. The number of likely N-dealkylation sites (tertiary alicyclic amines) is 1. The number of aromatic amines is 1. The molecule has 3 aromatic rings. The lowest BCUT2D eigenvalue weighted by Gasteiger charge is -2.25. The van der Waals surface area contributed by atoms with E-state index in [9.17, 15) is 9.59 Å². The summed E-state index contributed by atoms with van der Waals surface area (Å²) in [7, 11) is 0. The van der Waals surface area contributed by atoms with Gasteiger partial charge in [0.1, 0.15) is 5.69 Å². The summed E-state index contributed by atoms with van der Waals surface area (Å²) in [5, 5.41) is 2.93. The fourth-order valence-electron chi connectivity index (χ4n) is 3.11. The second-order valence-electron chi connectivity index (χ2n) is 5.97. The first kappa shape index (κ1) is 15.1. The van der Waals surface area contributed by atoms with Crippen LogP contribution in [0.1, 0.15) is 45.1 Å². The van der Waals surface area contributed by atoms with E-state index in [1.54, 1.807) is 11.6 Å². The van der Waals surface area contributed by atoms with Crippen LogP contribution in [0.5, 0.6) is 0 Å². The zero-order valence-electron chi connectivity index (χ0n) is 13.1. The van der Waals surface area contributed by atoms with Crippen molar-refractivity contribution in [3.8, 4) is 0 Å². The second-order valence-corrected chi connectivity index (χ2v) is 6.83. The minimum absolute atomic E-state index is 0.0658. The summed E-state index contributed by atoms with van der Waals surface area (Å²) in [4.78, 5) is 34.5. The number of hydrogen-bond acceptors (Lipinski definition) is 4. The van der Waals surface area contributed by atoms with Crippen LogP contribution in [0.3, 0.4) is 0 Å². The maximum absolute atomic E-state index is 12.7. The summed E-state index contributed by atoms with van der Waals surface area (Å²) in [6, 6.07) is 7.66. The van der Waals surface area contributed by atoms with Crippen molar-refractivity contribution < 1.29 is 9.59 Å². The van der Waals surface area contributed by atoms with Gasteiger partial charge >= 0.3 is 0 Å². The van der Waals surface area contributed by atoms with Crippen LogP contribution in [0.2, 0.25) is 0 Å². The van der Waals surface area contributed by atoms with Gasteiger partial charge < -0.3 is 9.88 Å².